The molecule has 0 spiro atoms. The Labute approximate surface area is 199 Å². The molecule has 34 heavy (non-hydrogen) atoms. The molecule has 2 amide bonds. The Morgan fingerprint density at radius 1 is 1.09 bits per heavy atom. The Kier molecular flexibility index (Phi) is 7.06. The fourth-order valence-corrected chi connectivity index (χ4v) is 5.15. The van der Waals surface area contributed by atoms with Crippen LogP contribution < -0.4 is 5.32 Å². The average Bonchev–Trinajstić information content (AvgIpc) is 3.32. The van der Waals surface area contributed by atoms with Gasteiger partial charge in [-0.05, 0) is 22.3 Å². The summed E-state index contributed by atoms with van der Waals surface area (Å²) in [5.41, 5.74) is 4.48. The van der Waals surface area contributed by atoms with E-state index < -0.39 is 42.9 Å². The van der Waals surface area contributed by atoms with E-state index >= 15 is 0 Å². The molecule has 1 aliphatic carbocycles. The number of aliphatic carboxylic acids is 1. The molecule has 7 nitrogen and oxygen atoms in total. The van der Waals surface area contributed by atoms with E-state index in [1.807, 2.05) is 36.4 Å². The molecule has 4 rings (SSSR count). The van der Waals surface area contributed by atoms with Gasteiger partial charge in [0.05, 0.1) is 12.3 Å². The van der Waals surface area contributed by atoms with Crippen LogP contribution in [-0.4, -0.2) is 71.1 Å². The van der Waals surface area contributed by atoms with Crippen LogP contribution in [0.25, 0.3) is 11.1 Å². The van der Waals surface area contributed by atoms with Crippen LogP contribution in [0.5, 0.6) is 0 Å². The SMILES string of the molecule is O=C(NCCSCC(=O)N1CC(F)(F)CC1C(=O)O)OCC1c2ccccc2-c2ccccc21. The smallest absolute Gasteiger partial charge is 0.407 e. The quantitative estimate of drug-likeness (QED) is 0.550. The number of ether oxygens (including phenoxy) is 1. The van der Waals surface area contributed by atoms with Gasteiger partial charge in [0.2, 0.25) is 5.91 Å². The highest BCUT2D eigenvalue weighted by molar-refractivity contribution is 7.99. The summed E-state index contributed by atoms with van der Waals surface area (Å²) in [6.45, 7) is -0.486. The molecular weight excluding hydrogens is 466 g/mol. The number of nitrogens with zero attached hydrogens (tertiary/aromatic N) is 1. The van der Waals surface area contributed by atoms with Crippen molar-refractivity contribution in [3.05, 3.63) is 59.7 Å². The summed E-state index contributed by atoms with van der Waals surface area (Å²) in [7, 11) is 0. The normalized spacial score (nSPS) is 18.3. The average molecular weight is 491 g/mol. The van der Waals surface area contributed by atoms with Gasteiger partial charge < -0.3 is 20.1 Å². The Balaban J connectivity index is 1.19. The summed E-state index contributed by atoms with van der Waals surface area (Å²) in [6, 6.07) is 14.5. The molecule has 1 saturated heterocycles. The lowest BCUT2D eigenvalue weighted by molar-refractivity contribution is -0.147. The summed E-state index contributed by atoms with van der Waals surface area (Å²) >= 11 is 1.13. The summed E-state index contributed by atoms with van der Waals surface area (Å²) in [5, 5.41) is 11.7. The zero-order valence-electron chi connectivity index (χ0n) is 18.2. The van der Waals surface area contributed by atoms with Crippen LogP contribution in [0.15, 0.2) is 48.5 Å². The summed E-state index contributed by atoms with van der Waals surface area (Å²) in [6.07, 6.45) is -1.46. The molecular formula is C24H24F2N2O5S. The van der Waals surface area contributed by atoms with Gasteiger partial charge in [-0.25, -0.2) is 18.4 Å². The van der Waals surface area contributed by atoms with Crippen molar-refractivity contribution in [2.75, 3.05) is 31.2 Å². The van der Waals surface area contributed by atoms with Gasteiger partial charge in [0.1, 0.15) is 12.6 Å². The molecule has 180 valence electrons. The number of hydrogen-bond acceptors (Lipinski definition) is 5. The number of carbonyl (C=O) groups excluding carboxylic acids is 2. The standard InChI is InChI=1S/C24H24F2N2O5S/c25-24(26)11-20(22(30)31)28(14-24)21(29)13-34-10-9-27-23(32)33-12-19-17-7-3-1-5-15(17)16-6-2-4-8-18(16)19/h1-8,19-20H,9-14H2,(H,27,32)(H,30,31). The second kappa shape index (κ2) is 10.0. The number of thioether (sulfide) groups is 1. The first-order valence-corrected chi connectivity index (χ1v) is 12.0. The van der Waals surface area contributed by atoms with Gasteiger partial charge in [-0.3, -0.25) is 4.79 Å². The summed E-state index contributed by atoms with van der Waals surface area (Å²) < 4.78 is 32.5. The van der Waals surface area contributed by atoms with Crippen LogP contribution in [0.4, 0.5) is 13.6 Å². The monoisotopic (exact) mass is 490 g/mol. The van der Waals surface area contributed by atoms with E-state index in [0.717, 1.165) is 34.0 Å². The number of alkyl carbamates (subject to hydrolysis) is 1. The highest BCUT2D eigenvalue weighted by Gasteiger charge is 2.49. The number of fused-ring (bicyclic) bond motifs is 3. The van der Waals surface area contributed by atoms with E-state index in [-0.39, 0.29) is 24.8 Å². The highest BCUT2D eigenvalue weighted by Crippen LogP contribution is 2.44. The fourth-order valence-electron chi connectivity index (χ4n) is 4.42. The number of nitrogens with one attached hydrogen (secondary N) is 1. The van der Waals surface area contributed by atoms with Crippen molar-refractivity contribution in [3.8, 4) is 11.1 Å². The minimum atomic E-state index is -3.20. The van der Waals surface area contributed by atoms with E-state index in [2.05, 4.69) is 17.4 Å². The van der Waals surface area contributed by atoms with Crippen LogP contribution in [0.1, 0.15) is 23.5 Å². The van der Waals surface area contributed by atoms with Gasteiger partial charge in [0.15, 0.2) is 0 Å². The molecule has 0 bridgehead atoms. The maximum Gasteiger partial charge on any atom is 0.407 e. The number of likely N-dealkylation sites (tertiary alicyclic amines) is 1. The van der Waals surface area contributed by atoms with E-state index in [9.17, 15) is 23.2 Å². The van der Waals surface area contributed by atoms with Crippen molar-refractivity contribution < 1.29 is 33.0 Å². The Hall–Kier alpha value is -3.14. The van der Waals surface area contributed by atoms with Crippen LogP contribution in [0, 0.1) is 0 Å². The molecule has 10 heteroatoms. The van der Waals surface area contributed by atoms with Crippen LogP contribution >= 0.6 is 11.8 Å². The first kappa shape index (κ1) is 24.0. The second-order valence-electron chi connectivity index (χ2n) is 8.24. The maximum atomic E-state index is 13.5. The van der Waals surface area contributed by atoms with Crippen molar-refractivity contribution in [3.63, 3.8) is 0 Å². The third kappa shape index (κ3) is 5.16. The van der Waals surface area contributed by atoms with Gasteiger partial charge >= 0.3 is 12.1 Å². The van der Waals surface area contributed by atoms with Gasteiger partial charge in [0, 0.05) is 24.6 Å². The number of alkyl halides is 2. The molecule has 1 unspecified atom stereocenters. The Morgan fingerprint density at radius 3 is 2.32 bits per heavy atom. The second-order valence-corrected chi connectivity index (χ2v) is 9.35. The molecule has 0 radical (unpaired) electrons. The van der Waals surface area contributed by atoms with Crippen LogP contribution in [0.2, 0.25) is 0 Å². The van der Waals surface area contributed by atoms with E-state index in [4.69, 9.17) is 9.84 Å². The number of carbonyl (C=O) groups is 3. The molecule has 2 aromatic rings. The first-order valence-electron chi connectivity index (χ1n) is 10.8. The molecule has 2 aromatic carbocycles. The van der Waals surface area contributed by atoms with E-state index in [1.54, 1.807) is 0 Å². The number of rotatable bonds is 8. The number of hydrogen-bond donors (Lipinski definition) is 2. The van der Waals surface area contributed by atoms with Crippen molar-refractivity contribution in [2.45, 2.75) is 24.3 Å². The third-order valence-corrected chi connectivity index (χ3v) is 6.90. The lowest BCUT2D eigenvalue weighted by atomic mass is 9.98. The minimum absolute atomic E-state index is 0.0501. The van der Waals surface area contributed by atoms with Crippen molar-refractivity contribution in [2.24, 2.45) is 0 Å². The predicted molar refractivity (Wildman–Crippen MR) is 123 cm³/mol. The van der Waals surface area contributed by atoms with Gasteiger partial charge in [-0.2, -0.15) is 11.8 Å². The number of carboxylic acid groups (broad SMARTS) is 1. The van der Waals surface area contributed by atoms with Crippen molar-refractivity contribution >= 4 is 29.7 Å². The molecule has 0 saturated carbocycles. The van der Waals surface area contributed by atoms with E-state index in [0.29, 0.717) is 10.7 Å². The molecule has 1 aliphatic heterocycles. The van der Waals surface area contributed by atoms with Crippen LogP contribution in [-0.2, 0) is 14.3 Å². The van der Waals surface area contributed by atoms with E-state index in [1.165, 1.54) is 0 Å². The number of halogens is 2. The molecule has 0 aromatic heterocycles. The number of benzene rings is 2. The van der Waals surface area contributed by atoms with Gasteiger partial charge in [-0.15, -0.1) is 0 Å². The van der Waals surface area contributed by atoms with Crippen molar-refractivity contribution in [1.82, 2.24) is 10.2 Å². The first-order chi connectivity index (χ1) is 16.3. The number of carboxylic acids is 1. The fraction of sp³-hybridized carbons (Fsp3) is 0.375. The molecule has 2 N–H and O–H groups in total. The summed E-state index contributed by atoms with van der Waals surface area (Å²) in [5.74, 6) is -5.15. The summed E-state index contributed by atoms with van der Waals surface area (Å²) in [4.78, 5) is 36.2. The van der Waals surface area contributed by atoms with Gasteiger partial charge in [-0.1, -0.05) is 48.5 Å². The topological polar surface area (TPSA) is 95.9 Å². The van der Waals surface area contributed by atoms with Crippen molar-refractivity contribution in [1.29, 1.82) is 0 Å². The lowest BCUT2D eigenvalue weighted by Gasteiger charge is -2.20. The lowest BCUT2D eigenvalue weighted by Crippen LogP contribution is -2.41. The molecule has 1 fully saturated rings. The maximum absolute atomic E-state index is 13.5. The highest BCUT2D eigenvalue weighted by atomic mass is 32.2. The molecule has 1 heterocycles. The largest absolute Gasteiger partial charge is 0.480 e. The zero-order valence-corrected chi connectivity index (χ0v) is 19.0. The van der Waals surface area contributed by atoms with Gasteiger partial charge in [0.25, 0.3) is 5.92 Å². The predicted octanol–water partition coefficient (Wildman–Crippen LogP) is 3.58. The Morgan fingerprint density at radius 2 is 1.71 bits per heavy atom. The minimum Gasteiger partial charge on any atom is -0.480 e. The third-order valence-electron chi connectivity index (χ3n) is 5.96. The zero-order chi connectivity index (χ0) is 24.3. The number of amides is 2. The van der Waals surface area contributed by atoms with Crippen LogP contribution in [0.3, 0.4) is 0 Å². The molecule has 2 aliphatic rings. The molecule has 1 atom stereocenters. The Bertz CT molecular complexity index is 1050.